The van der Waals surface area contributed by atoms with Crippen molar-refractivity contribution < 1.29 is 14.3 Å². The van der Waals surface area contributed by atoms with E-state index >= 15 is 0 Å². The molecule has 0 aliphatic carbocycles. The van der Waals surface area contributed by atoms with E-state index in [4.69, 9.17) is 9.47 Å². The molecule has 3 heteroatoms. The monoisotopic (exact) mass is 396 g/mol. The lowest BCUT2D eigenvalue weighted by Crippen LogP contribution is -2.41. The van der Waals surface area contributed by atoms with Gasteiger partial charge in [0.25, 0.3) is 0 Å². The fourth-order valence-electron chi connectivity index (χ4n) is 4.60. The Balaban J connectivity index is 5.47. The molecule has 0 amide bonds. The molecule has 3 unspecified atom stereocenters. The van der Waals surface area contributed by atoms with Crippen LogP contribution in [0.25, 0.3) is 0 Å². The maximum atomic E-state index is 13.3. The average molecular weight is 397 g/mol. The summed E-state index contributed by atoms with van der Waals surface area (Å²) < 4.78 is 11.0. The number of rotatable bonds is 13. The molecule has 28 heavy (non-hydrogen) atoms. The Morgan fingerprint density at radius 3 is 2.04 bits per heavy atom. The van der Waals surface area contributed by atoms with Gasteiger partial charge >= 0.3 is 5.97 Å². The van der Waals surface area contributed by atoms with Gasteiger partial charge in [-0.25, -0.2) is 0 Å². The van der Waals surface area contributed by atoms with E-state index in [1.165, 1.54) is 6.42 Å². The second kappa shape index (κ2) is 12.0. The van der Waals surface area contributed by atoms with Crippen LogP contribution in [0.5, 0.6) is 0 Å². The molecule has 0 radical (unpaired) electrons. The normalized spacial score (nSPS) is 16.9. The quantitative estimate of drug-likeness (QED) is 0.141. The van der Waals surface area contributed by atoms with Gasteiger partial charge < -0.3 is 9.47 Å². The van der Waals surface area contributed by atoms with Gasteiger partial charge in [0.1, 0.15) is 0 Å². The molecule has 0 aromatic carbocycles. The summed E-state index contributed by atoms with van der Waals surface area (Å²) in [6, 6.07) is 0. The Bertz CT molecular complexity index is 455. The van der Waals surface area contributed by atoms with Crippen molar-refractivity contribution in [2.24, 2.45) is 28.1 Å². The number of carbonyl (C=O) groups is 1. The van der Waals surface area contributed by atoms with Crippen LogP contribution in [0.15, 0.2) is 12.7 Å². The average Bonchev–Trinajstić information content (AvgIpc) is 2.52. The molecule has 3 nitrogen and oxygen atoms in total. The lowest BCUT2D eigenvalue weighted by Gasteiger charge is -2.40. The third-order valence-corrected chi connectivity index (χ3v) is 5.52. The number of ether oxygens (including phenoxy) is 2. The van der Waals surface area contributed by atoms with Crippen molar-refractivity contribution in [1.82, 2.24) is 0 Å². The smallest absolute Gasteiger partial charge is 0.314 e. The topological polar surface area (TPSA) is 35.5 Å². The first-order valence-electron chi connectivity index (χ1n) is 11.1. The van der Waals surface area contributed by atoms with Crippen molar-refractivity contribution in [1.29, 1.82) is 0 Å². The summed E-state index contributed by atoms with van der Waals surface area (Å²) in [5.41, 5.74) is 0.0453. The van der Waals surface area contributed by atoms with Crippen LogP contribution in [-0.2, 0) is 14.3 Å². The van der Waals surface area contributed by atoms with Gasteiger partial charge in [-0.3, -0.25) is 4.79 Å². The standard InChI is InChI=1S/C25H48O3/c1-11-14-25(21(4)18-24(8,9)10,22(26)28-19-27-16-12-2)15-13-20(3)17-23(5,6)7/h12,20-21H,2,11,13-19H2,1,3-10H3. The third kappa shape index (κ3) is 10.6. The molecular formula is C25H48O3. The summed E-state index contributed by atoms with van der Waals surface area (Å²) in [5, 5.41) is 0. The Labute approximate surface area is 175 Å². The van der Waals surface area contributed by atoms with Crippen molar-refractivity contribution >= 4 is 5.97 Å². The van der Waals surface area contributed by atoms with Gasteiger partial charge in [-0.1, -0.05) is 74.8 Å². The third-order valence-electron chi connectivity index (χ3n) is 5.52. The Hall–Kier alpha value is -0.830. The fraction of sp³-hybridized carbons (Fsp3) is 0.880. The van der Waals surface area contributed by atoms with E-state index in [9.17, 15) is 4.79 Å². The summed E-state index contributed by atoms with van der Waals surface area (Å²) in [7, 11) is 0. The maximum absolute atomic E-state index is 13.3. The largest absolute Gasteiger partial charge is 0.438 e. The molecule has 0 rings (SSSR count). The molecule has 0 aromatic heterocycles. The van der Waals surface area contributed by atoms with Gasteiger partial charge in [0.15, 0.2) is 6.79 Å². The van der Waals surface area contributed by atoms with Crippen molar-refractivity contribution in [3.63, 3.8) is 0 Å². The number of esters is 1. The van der Waals surface area contributed by atoms with Crippen molar-refractivity contribution in [2.75, 3.05) is 13.4 Å². The molecule has 0 heterocycles. The van der Waals surface area contributed by atoms with Crippen LogP contribution in [-0.4, -0.2) is 19.4 Å². The van der Waals surface area contributed by atoms with E-state index in [2.05, 4.69) is 68.9 Å². The van der Waals surface area contributed by atoms with E-state index in [0.29, 0.717) is 17.9 Å². The molecule has 0 aromatic rings. The molecule has 3 atom stereocenters. The lowest BCUT2D eigenvalue weighted by molar-refractivity contribution is -0.173. The van der Waals surface area contributed by atoms with Crippen molar-refractivity contribution in [3.8, 4) is 0 Å². The molecule has 0 fully saturated rings. The summed E-state index contributed by atoms with van der Waals surface area (Å²) >= 11 is 0. The van der Waals surface area contributed by atoms with Gasteiger partial charge in [0, 0.05) is 0 Å². The second-order valence-electron chi connectivity index (χ2n) is 11.2. The summed E-state index contributed by atoms with van der Waals surface area (Å²) in [4.78, 5) is 13.3. The molecule has 166 valence electrons. The molecule has 0 aliphatic rings. The van der Waals surface area contributed by atoms with E-state index in [1.54, 1.807) is 6.08 Å². The van der Waals surface area contributed by atoms with Crippen LogP contribution in [0.3, 0.4) is 0 Å². The van der Waals surface area contributed by atoms with Gasteiger partial charge in [-0.15, -0.1) is 6.58 Å². The molecular weight excluding hydrogens is 348 g/mol. The lowest BCUT2D eigenvalue weighted by atomic mass is 9.64. The first-order chi connectivity index (χ1) is 12.8. The van der Waals surface area contributed by atoms with Gasteiger partial charge in [-0.05, 0) is 54.8 Å². The number of hydrogen-bond acceptors (Lipinski definition) is 3. The molecule has 0 N–H and O–H groups in total. The minimum absolute atomic E-state index is 0.0100. The maximum Gasteiger partial charge on any atom is 0.314 e. The van der Waals surface area contributed by atoms with Crippen LogP contribution < -0.4 is 0 Å². The molecule has 0 saturated heterocycles. The zero-order chi connectivity index (χ0) is 22.0. The van der Waals surface area contributed by atoms with Crippen LogP contribution in [0.1, 0.15) is 101 Å². The van der Waals surface area contributed by atoms with Crippen LogP contribution >= 0.6 is 0 Å². The highest BCUT2D eigenvalue weighted by Crippen LogP contribution is 2.45. The molecule has 0 saturated carbocycles. The zero-order valence-electron chi connectivity index (χ0n) is 20.3. The molecule has 0 aliphatic heterocycles. The van der Waals surface area contributed by atoms with Crippen LogP contribution in [0.2, 0.25) is 0 Å². The molecule has 0 spiro atoms. The van der Waals surface area contributed by atoms with E-state index in [0.717, 1.165) is 32.1 Å². The van der Waals surface area contributed by atoms with Crippen LogP contribution in [0, 0.1) is 28.1 Å². The fourth-order valence-corrected chi connectivity index (χ4v) is 4.60. The summed E-state index contributed by atoms with van der Waals surface area (Å²) in [5.74, 6) is 0.766. The Morgan fingerprint density at radius 1 is 1.00 bits per heavy atom. The van der Waals surface area contributed by atoms with Crippen molar-refractivity contribution in [3.05, 3.63) is 12.7 Å². The van der Waals surface area contributed by atoms with E-state index in [-0.39, 0.29) is 24.1 Å². The molecule has 0 bridgehead atoms. The van der Waals surface area contributed by atoms with Gasteiger partial charge in [0.2, 0.25) is 0 Å². The highest BCUT2D eigenvalue weighted by Gasteiger charge is 2.45. The summed E-state index contributed by atoms with van der Waals surface area (Å²) in [6.45, 7) is 24.4. The second-order valence-corrected chi connectivity index (χ2v) is 11.2. The number of hydrogen-bond donors (Lipinski definition) is 0. The minimum Gasteiger partial charge on any atom is -0.438 e. The van der Waals surface area contributed by atoms with Crippen molar-refractivity contribution in [2.45, 2.75) is 101 Å². The predicted molar refractivity (Wildman–Crippen MR) is 120 cm³/mol. The van der Waals surface area contributed by atoms with E-state index in [1.807, 2.05) is 0 Å². The van der Waals surface area contributed by atoms with Gasteiger partial charge in [0.05, 0.1) is 12.0 Å². The first-order valence-corrected chi connectivity index (χ1v) is 11.1. The number of carbonyl (C=O) groups excluding carboxylic acids is 1. The highest BCUT2D eigenvalue weighted by molar-refractivity contribution is 5.77. The van der Waals surface area contributed by atoms with Crippen LogP contribution in [0.4, 0.5) is 0 Å². The minimum atomic E-state index is -0.439. The Morgan fingerprint density at radius 2 is 1.57 bits per heavy atom. The highest BCUT2D eigenvalue weighted by atomic mass is 16.7. The summed E-state index contributed by atoms with van der Waals surface area (Å²) in [6.07, 6.45) is 7.62. The van der Waals surface area contributed by atoms with Gasteiger partial charge in [-0.2, -0.15) is 0 Å². The van der Waals surface area contributed by atoms with E-state index < -0.39 is 5.41 Å². The SMILES string of the molecule is C=CCOCOC(=O)C(CCC)(CCC(C)CC(C)(C)C)C(C)CC(C)(C)C. The predicted octanol–water partition coefficient (Wildman–Crippen LogP) is 7.40. The zero-order valence-corrected chi connectivity index (χ0v) is 20.3. The Kier molecular flexibility index (Phi) is 11.6. The first kappa shape index (κ1) is 27.2.